The van der Waals surface area contributed by atoms with Gasteiger partial charge in [-0.15, -0.1) is 0 Å². The van der Waals surface area contributed by atoms with Crippen molar-refractivity contribution in [3.05, 3.63) is 53.1 Å². The number of hydrogen-bond donors (Lipinski definition) is 0. The van der Waals surface area contributed by atoms with Gasteiger partial charge in [-0.2, -0.15) is 0 Å². The van der Waals surface area contributed by atoms with Crippen LogP contribution in [0.2, 0.25) is 26.2 Å². The molecular weight excluding hydrogens is 673 g/mol. The average Bonchev–Trinajstić information content (AvgIpc) is 3.01. The second kappa shape index (κ2) is 16.4. The van der Waals surface area contributed by atoms with E-state index in [-0.39, 0.29) is 52.5 Å². The third kappa shape index (κ3) is 9.67. The zero-order valence-electron chi connectivity index (χ0n) is 34.1. The molecular formula is C42H68O7Si2. The van der Waals surface area contributed by atoms with Gasteiger partial charge in [0, 0.05) is 17.8 Å². The van der Waals surface area contributed by atoms with E-state index in [9.17, 15) is 9.59 Å². The second-order valence-electron chi connectivity index (χ2n) is 18.2. The van der Waals surface area contributed by atoms with Crippen LogP contribution in [0.5, 0.6) is 5.75 Å². The summed E-state index contributed by atoms with van der Waals surface area (Å²) in [6, 6.07) is 5.94. The Labute approximate surface area is 312 Å². The molecule has 4 rings (SSSR count). The van der Waals surface area contributed by atoms with E-state index in [1.165, 1.54) is 5.57 Å². The number of benzene rings is 1. The number of esters is 2. The molecule has 51 heavy (non-hydrogen) atoms. The summed E-state index contributed by atoms with van der Waals surface area (Å²) in [6.45, 7) is 30.3. The molecule has 0 radical (unpaired) electrons. The Bertz CT molecular complexity index is 1440. The highest BCUT2D eigenvalue weighted by molar-refractivity contribution is 6.49. The molecule has 1 fully saturated rings. The molecule has 286 valence electrons. The van der Waals surface area contributed by atoms with Crippen LogP contribution in [0, 0.1) is 48.3 Å². The molecule has 0 N–H and O–H groups in total. The zero-order chi connectivity index (χ0) is 38.1. The first-order valence-electron chi connectivity index (χ1n) is 19.5. The van der Waals surface area contributed by atoms with E-state index in [4.69, 9.17) is 23.1 Å². The van der Waals surface area contributed by atoms with Crippen LogP contribution in [-0.2, 0) is 27.9 Å². The van der Waals surface area contributed by atoms with Gasteiger partial charge in [-0.05, 0) is 112 Å². The van der Waals surface area contributed by atoms with Crippen molar-refractivity contribution in [2.75, 3.05) is 0 Å². The smallest absolute Gasteiger partial charge is 0.347 e. The van der Waals surface area contributed by atoms with Crippen molar-refractivity contribution < 1.29 is 32.7 Å². The predicted octanol–water partition coefficient (Wildman–Crippen LogP) is 9.05. The molecule has 1 heterocycles. The van der Waals surface area contributed by atoms with Crippen LogP contribution in [0.1, 0.15) is 98.6 Å². The fourth-order valence-electron chi connectivity index (χ4n) is 8.44. The summed E-state index contributed by atoms with van der Waals surface area (Å²) >= 11 is 0. The Hall–Kier alpha value is -2.21. The Kier molecular flexibility index (Phi) is 13.4. The topological polar surface area (TPSA) is 80.3 Å². The molecule has 0 saturated carbocycles. The summed E-state index contributed by atoms with van der Waals surface area (Å²) in [4.78, 5) is 27.7. The van der Waals surface area contributed by atoms with Gasteiger partial charge in [0.25, 0.3) is 0 Å². The number of hydrogen-bond acceptors (Lipinski definition) is 7. The van der Waals surface area contributed by atoms with Gasteiger partial charge in [-0.1, -0.05) is 85.8 Å². The Morgan fingerprint density at radius 3 is 2.29 bits per heavy atom. The number of allylic oxidation sites excluding steroid dienone is 2. The molecule has 2 unspecified atom stereocenters. The molecule has 7 nitrogen and oxygen atoms in total. The van der Waals surface area contributed by atoms with E-state index in [0.717, 1.165) is 17.5 Å². The fourth-order valence-corrected chi connectivity index (χ4v) is 10.7. The lowest BCUT2D eigenvalue weighted by molar-refractivity contribution is -0.180. The first-order chi connectivity index (χ1) is 23.7. The van der Waals surface area contributed by atoms with E-state index in [0.29, 0.717) is 31.4 Å². The molecule has 1 aromatic rings. The van der Waals surface area contributed by atoms with Crippen LogP contribution in [0.15, 0.2) is 42.0 Å². The molecule has 0 bridgehead atoms. The molecule has 0 aromatic heterocycles. The number of cyclic esters (lactones) is 1. The number of ether oxygens (including phenoxy) is 3. The normalized spacial score (nSPS) is 30.5. The minimum absolute atomic E-state index is 0.0229. The molecule has 9 heteroatoms. The standard InChI is InChI=1S/C42H68O7Si2/c1-15-33(46-34-18-16-17-26(2)28(34)4)38(43)47-35-24-30(40(5,6)7)23-29-20-19-27(3)42(36(29)35,49-51(13)14)22-21-31-25-32(41(8,9)10)37(39(44)45-31)48-50(11)12/h16-20,23,27,30-33,35-37,50-51H,15,21-22,24-25H2,1-14H3/t27-,30+,31+,32-,33?,35-,36+,37?,42-/m0/s1. The van der Waals surface area contributed by atoms with Gasteiger partial charge in [0.05, 0.1) is 5.60 Å². The largest absolute Gasteiger partial charge is 0.478 e. The van der Waals surface area contributed by atoms with E-state index in [2.05, 4.69) is 106 Å². The maximum Gasteiger partial charge on any atom is 0.347 e. The van der Waals surface area contributed by atoms with Gasteiger partial charge >= 0.3 is 11.9 Å². The van der Waals surface area contributed by atoms with E-state index >= 15 is 0 Å². The molecule has 1 saturated heterocycles. The van der Waals surface area contributed by atoms with Gasteiger partial charge in [-0.3, -0.25) is 0 Å². The van der Waals surface area contributed by atoms with Gasteiger partial charge < -0.3 is 23.1 Å². The van der Waals surface area contributed by atoms with Crippen LogP contribution >= 0.6 is 0 Å². The van der Waals surface area contributed by atoms with Crippen molar-refractivity contribution in [1.82, 2.24) is 0 Å². The highest BCUT2D eigenvalue weighted by Gasteiger charge is 2.55. The minimum Gasteiger partial charge on any atom is -0.478 e. The SMILES string of the molecule is CCC(Oc1cccc(C)c1C)C(=O)O[C@H]1C[C@H](C(C)(C)C)C=C2C=C[C@H](C)[C@](CC[C@@H]3C[C@H](C(C)(C)C)C(O[SiH](C)C)C(=O)O3)(O[SiH](C)C)[C@H]21. The maximum absolute atomic E-state index is 14.2. The van der Waals surface area contributed by atoms with Crippen LogP contribution in [0.3, 0.4) is 0 Å². The molecule has 3 aliphatic rings. The van der Waals surface area contributed by atoms with E-state index < -0.39 is 42.0 Å². The summed E-state index contributed by atoms with van der Waals surface area (Å²) < 4.78 is 32.8. The number of carbonyl (C=O) groups is 2. The quantitative estimate of drug-likeness (QED) is 0.156. The first kappa shape index (κ1) is 41.5. The Morgan fingerprint density at radius 2 is 1.71 bits per heavy atom. The van der Waals surface area contributed by atoms with E-state index in [1.54, 1.807) is 0 Å². The van der Waals surface area contributed by atoms with Crippen molar-refractivity contribution in [1.29, 1.82) is 0 Å². The number of rotatable bonds is 12. The summed E-state index contributed by atoms with van der Waals surface area (Å²) in [5.41, 5.74) is 2.58. The molecule has 1 aromatic carbocycles. The summed E-state index contributed by atoms with van der Waals surface area (Å²) in [7, 11) is -3.07. The van der Waals surface area contributed by atoms with Crippen molar-refractivity contribution in [3.63, 3.8) is 0 Å². The van der Waals surface area contributed by atoms with Crippen molar-refractivity contribution >= 4 is 30.0 Å². The van der Waals surface area contributed by atoms with Gasteiger partial charge in [0.2, 0.25) is 0 Å². The molecule has 0 amide bonds. The average molecular weight is 741 g/mol. The highest BCUT2D eigenvalue weighted by atomic mass is 28.3. The predicted molar refractivity (Wildman–Crippen MR) is 211 cm³/mol. The third-order valence-electron chi connectivity index (χ3n) is 11.6. The zero-order valence-corrected chi connectivity index (χ0v) is 36.4. The minimum atomic E-state index is -1.61. The van der Waals surface area contributed by atoms with Gasteiger partial charge in [-0.25, -0.2) is 9.59 Å². The molecule has 1 aliphatic heterocycles. The van der Waals surface area contributed by atoms with Crippen molar-refractivity contribution in [2.24, 2.45) is 34.5 Å². The van der Waals surface area contributed by atoms with Crippen LogP contribution in [0.25, 0.3) is 0 Å². The summed E-state index contributed by atoms with van der Waals surface area (Å²) in [5.74, 6) is 0.334. The lowest BCUT2D eigenvalue weighted by Crippen LogP contribution is -2.58. The molecule has 2 aliphatic carbocycles. The van der Waals surface area contributed by atoms with Crippen molar-refractivity contribution in [2.45, 2.75) is 158 Å². The van der Waals surface area contributed by atoms with Gasteiger partial charge in [0.15, 0.2) is 24.2 Å². The monoisotopic (exact) mass is 740 g/mol. The summed E-state index contributed by atoms with van der Waals surface area (Å²) in [5, 5.41) is 0. The fraction of sp³-hybridized carbons (Fsp3) is 0.714. The Morgan fingerprint density at radius 1 is 1.02 bits per heavy atom. The van der Waals surface area contributed by atoms with E-state index in [1.807, 2.05) is 26.0 Å². The Balaban J connectivity index is 1.70. The number of fused-ring (bicyclic) bond motifs is 1. The second-order valence-corrected chi connectivity index (χ2v) is 22.9. The molecule has 0 spiro atoms. The lowest BCUT2D eigenvalue weighted by Gasteiger charge is -2.54. The van der Waals surface area contributed by atoms with Crippen molar-refractivity contribution in [3.8, 4) is 5.75 Å². The lowest BCUT2D eigenvalue weighted by atomic mass is 9.59. The van der Waals surface area contributed by atoms with Crippen LogP contribution < -0.4 is 4.74 Å². The third-order valence-corrected chi connectivity index (χ3v) is 13.3. The number of carbonyl (C=O) groups excluding carboxylic acids is 2. The first-order valence-corrected chi connectivity index (χ1v) is 25.1. The number of aryl methyl sites for hydroxylation is 1. The molecule has 9 atom stereocenters. The van der Waals surface area contributed by atoms with Crippen LogP contribution in [-0.4, -0.2) is 60.0 Å². The summed E-state index contributed by atoms with van der Waals surface area (Å²) in [6.07, 6.45) is 8.38. The van der Waals surface area contributed by atoms with Gasteiger partial charge in [0.1, 0.15) is 24.1 Å². The van der Waals surface area contributed by atoms with Crippen LogP contribution in [0.4, 0.5) is 0 Å². The maximum atomic E-state index is 14.2. The highest BCUT2D eigenvalue weighted by Crippen LogP contribution is 2.53.